The van der Waals surface area contributed by atoms with E-state index < -0.39 is 0 Å². The first-order valence-corrected chi connectivity index (χ1v) is 6.91. The van der Waals surface area contributed by atoms with E-state index in [1.165, 1.54) is 11.1 Å². The Labute approximate surface area is 114 Å². The molecule has 4 nitrogen and oxygen atoms in total. The van der Waals surface area contributed by atoms with Gasteiger partial charge in [0.25, 0.3) is 0 Å². The summed E-state index contributed by atoms with van der Waals surface area (Å²) in [5.41, 5.74) is 9.84. The van der Waals surface area contributed by atoms with Crippen LogP contribution in [0, 0.1) is 0 Å². The van der Waals surface area contributed by atoms with E-state index in [9.17, 15) is 4.79 Å². The second-order valence-corrected chi connectivity index (χ2v) is 5.87. The molecule has 1 heterocycles. The van der Waals surface area contributed by atoms with E-state index in [4.69, 9.17) is 5.73 Å². The molecule has 1 aromatic rings. The number of nitrogens with two attached hydrogens (primary N) is 1. The van der Waals surface area contributed by atoms with E-state index in [1.807, 2.05) is 25.1 Å². The van der Waals surface area contributed by atoms with Crippen molar-refractivity contribution in [2.75, 3.05) is 32.1 Å². The van der Waals surface area contributed by atoms with E-state index in [0.29, 0.717) is 12.3 Å². The van der Waals surface area contributed by atoms with Crippen molar-refractivity contribution in [2.45, 2.75) is 24.8 Å². The monoisotopic (exact) mass is 259 g/mol. The number of carbonyl (C=O) groups excluding carboxylic acids is 1. The van der Waals surface area contributed by atoms with Gasteiger partial charge in [-0.25, -0.2) is 0 Å². The van der Waals surface area contributed by atoms with Gasteiger partial charge < -0.3 is 15.5 Å². The van der Waals surface area contributed by atoms with Gasteiger partial charge in [-0.3, -0.25) is 4.79 Å². The van der Waals surface area contributed by atoms with E-state index in [-0.39, 0.29) is 11.9 Å². The normalized spacial score (nSPS) is 25.1. The van der Waals surface area contributed by atoms with Crippen LogP contribution in [0.25, 0.3) is 0 Å². The Morgan fingerprint density at radius 1 is 1.42 bits per heavy atom. The van der Waals surface area contributed by atoms with Gasteiger partial charge in [0.1, 0.15) is 0 Å². The molecule has 1 aliphatic carbocycles. The van der Waals surface area contributed by atoms with Crippen LogP contribution in [-0.2, 0) is 4.79 Å². The standard InChI is InChI=1S/C15H21N3O/c1-17(2)6-7-18-13-5-3-4-11-12(16)8-10(15(11)13)9-14(18)19/h3-5,10,12H,6-9,16H2,1-2H3. The molecule has 1 aliphatic heterocycles. The topological polar surface area (TPSA) is 49.6 Å². The third-order valence-electron chi connectivity index (χ3n) is 4.25. The smallest absolute Gasteiger partial charge is 0.227 e. The molecule has 2 aliphatic rings. The van der Waals surface area contributed by atoms with Gasteiger partial charge in [-0.1, -0.05) is 12.1 Å². The van der Waals surface area contributed by atoms with Crippen LogP contribution in [0.2, 0.25) is 0 Å². The van der Waals surface area contributed by atoms with Crippen molar-refractivity contribution in [2.24, 2.45) is 5.73 Å². The van der Waals surface area contributed by atoms with Crippen LogP contribution in [0.3, 0.4) is 0 Å². The number of nitrogens with zero attached hydrogens (tertiary/aromatic N) is 2. The summed E-state index contributed by atoms with van der Waals surface area (Å²) < 4.78 is 0. The minimum atomic E-state index is 0.0987. The molecule has 1 amide bonds. The van der Waals surface area contributed by atoms with Crippen molar-refractivity contribution in [3.63, 3.8) is 0 Å². The lowest BCUT2D eigenvalue weighted by Gasteiger charge is -2.33. The molecule has 19 heavy (non-hydrogen) atoms. The molecule has 2 N–H and O–H groups in total. The molecule has 0 saturated heterocycles. The fourth-order valence-electron chi connectivity index (χ4n) is 3.31. The molecule has 0 aromatic heterocycles. The van der Waals surface area contributed by atoms with Gasteiger partial charge in [0.05, 0.1) is 0 Å². The molecule has 1 aromatic carbocycles. The average molecular weight is 259 g/mol. The maximum Gasteiger partial charge on any atom is 0.227 e. The lowest BCUT2D eigenvalue weighted by molar-refractivity contribution is -0.119. The van der Waals surface area contributed by atoms with E-state index in [0.717, 1.165) is 25.2 Å². The Morgan fingerprint density at radius 2 is 2.21 bits per heavy atom. The predicted molar refractivity (Wildman–Crippen MR) is 76.3 cm³/mol. The van der Waals surface area contributed by atoms with Crippen molar-refractivity contribution in [3.8, 4) is 0 Å². The van der Waals surface area contributed by atoms with E-state index in [2.05, 4.69) is 17.0 Å². The van der Waals surface area contributed by atoms with Gasteiger partial charge in [-0.15, -0.1) is 0 Å². The highest BCUT2D eigenvalue weighted by Crippen LogP contribution is 2.48. The summed E-state index contributed by atoms with van der Waals surface area (Å²) in [6.07, 6.45) is 1.53. The number of rotatable bonds is 3. The maximum atomic E-state index is 12.3. The second kappa shape index (κ2) is 4.62. The molecule has 2 unspecified atom stereocenters. The summed E-state index contributed by atoms with van der Waals surface area (Å²) in [5.74, 6) is 0.579. The fraction of sp³-hybridized carbons (Fsp3) is 0.533. The van der Waals surface area contributed by atoms with Gasteiger partial charge in [-0.05, 0) is 43.6 Å². The van der Waals surface area contributed by atoms with Crippen LogP contribution in [0.5, 0.6) is 0 Å². The largest absolute Gasteiger partial charge is 0.324 e. The molecule has 2 atom stereocenters. The highest BCUT2D eigenvalue weighted by Gasteiger charge is 2.38. The molecule has 3 rings (SSSR count). The highest BCUT2D eigenvalue weighted by atomic mass is 16.2. The first-order valence-electron chi connectivity index (χ1n) is 6.91. The highest BCUT2D eigenvalue weighted by molar-refractivity contribution is 5.97. The quantitative estimate of drug-likeness (QED) is 0.894. The zero-order valence-electron chi connectivity index (χ0n) is 11.6. The molecule has 0 saturated carbocycles. The zero-order chi connectivity index (χ0) is 13.6. The van der Waals surface area contributed by atoms with Crippen LogP contribution >= 0.6 is 0 Å². The van der Waals surface area contributed by atoms with Crippen LogP contribution in [-0.4, -0.2) is 38.0 Å². The van der Waals surface area contributed by atoms with Gasteiger partial charge in [0, 0.05) is 31.2 Å². The fourth-order valence-corrected chi connectivity index (χ4v) is 3.31. The van der Waals surface area contributed by atoms with Gasteiger partial charge in [-0.2, -0.15) is 0 Å². The molecule has 0 spiro atoms. The number of amides is 1. The van der Waals surface area contributed by atoms with Crippen molar-refractivity contribution in [1.82, 2.24) is 4.90 Å². The Balaban J connectivity index is 1.98. The summed E-state index contributed by atoms with van der Waals surface area (Å²) in [6.45, 7) is 1.64. The molecular formula is C15H21N3O. The van der Waals surface area contributed by atoms with Crippen molar-refractivity contribution >= 4 is 11.6 Å². The first kappa shape index (κ1) is 12.6. The number of anilines is 1. The van der Waals surface area contributed by atoms with Crippen LogP contribution in [0.4, 0.5) is 5.69 Å². The lowest BCUT2D eigenvalue weighted by atomic mass is 9.91. The first-order chi connectivity index (χ1) is 9.08. The van der Waals surface area contributed by atoms with Gasteiger partial charge in [0.15, 0.2) is 0 Å². The Morgan fingerprint density at radius 3 is 2.95 bits per heavy atom. The van der Waals surface area contributed by atoms with E-state index >= 15 is 0 Å². The van der Waals surface area contributed by atoms with Crippen LogP contribution < -0.4 is 10.6 Å². The number of carbonyl (C=O) groups is 1. The number of benzene rings is 1. The summed E-state index contributed by atoms with van der Waals surface area (Å²) in [5, 5.41) is 0. The molecule has 4 heteroatoms. The van der Waals surface area contributed by atoms with Crippen LogP contribution in [0.1, 0.15) is 35.9 Å². The SMILES string of the molecule is CN(C)CCN1C(=O)CC2CC(N)c3cccc1c32. The van der Waals surface area contributed by atoms with Crippen LogP contribution in [0.15, 0.2) is 18.2 Å². The molecule has 102 valence electrons. The maximum absolute atomic E-state index is 12.3. The summed E-state index contributed by atoms with van der Waals surface area (Å²) in [7, 11) is 4.06. The minimum absolute atomic E-state index is 0.0987. The number of hydrogen-bond donors (Lipinski definition) is 1. The van der Waals surface area contributed by atoms with Gasteiger partial charge >= 0.3 is 0 Å². The third kappa shape index (κ3) is 2.05. The summed E-state index contributed by atoms with van der Waals surface area (Å²) in [4.78, 5) is 16.4. The van der Waals surface area contributed by atoms with Gasteiger partial charge in [0.2, 0.25) is 5.91 Å². The minimum Gasteiger partial charge on any atom is -0.324 e. The van der Waals surface area contributed by atoms with E-state index in [1.54, 1.807) is 0 Å². The van der Waals surface area contributed by atoms with Crippen molar-refractivity contribution < 1.29 is 4.79 Å². The third-order valence-corrected chi connectivity index (χ3v) is 4.25. The van der Waals surface area contributed by atoms with Crippen molar-refractivity contribution in [3.05, 3.63) is 29.3 Å². The zero-order valence-corrected chi connectivity index (χ0v) is 11.6. The Hall–Kier alpha value is -1.39. The average Bonchev–Trinajstić information content (AvgIpc) is 2.67. The molecular weight excluding hydrogens is 238 g/mol. The summed E-state index contributed by atoms with van der Waals surface area (Å²) >= 11 is 0. The molecule has 0 fully saturated rings. The second-order valence-electron chi connectivity index (χ2n) is 5.87. The Kier molecular flexibility index (Phi) is 3.07. The Bertz CT molecular complexity index is 512. The lowest BCUT2D eigenvalue weighted by Crippen LogP contribution is -2.40. The molecule has 0 radical (unpaired) electrons. The number of likely N-dealkylation sites (N-methyl/N-ethyl adjacent to an activating group) is 1. The number of hydrogen-bond acceptors (Lipinski definition) is 3. The predicted octanol–water partition coefficient (Wildman–Crippen LogP) is 1.47. The molecule has 0 bridgehead atoms. The summed E-state index contributed by atoms with van der Waals surface area (Å²) in [6, 6.07) is 6.30. The van der Waals surface area contributed by atoms with Crippen molar-refractivity contribution in [1.29, 1.82) is 0 Å².